The van der Waals surface area contributed by atoms with Gasteiger partial charge in [-0.3, -0.25) is 0 Å². The van der Waals surface area contributed by atoms with Crippen LogP contribution in [0.5, 0.6) is 0 Å². The van der Waals surface area contributed by atoms with Crippen LogP contribution in [0.1, 0.15) is 46.5 Å². The quantitative estimate of drug-likeness (QED) is 0.700. The van der Waals surface area contributed by atoms with Crippen molar-refractivity contribution in [1.29, 1.82) is 0 Å². The summed E-state index contributed by atoms with van der Waals surface area (Å²) in [5.41, 5.74) is 1.06. The van der Waals surface area contributed by atoms with Gasteiger partial charge in [-0.2, -0.15) is 0 Å². The van der Waals surface area contributed by atoms with Crippen LogP contribution in [0.2, 0.25) is 0 Å². The normalized spacial score (nSPS) is 23.7. The highest BCUT2D eigenvalue weighted by atomic mass is 16.3. The molecule has 1 saturated carbocycles. The molecule has 0 amide bonds. The Bertz CT molecular complexity index is 223. The van der Waals surface area contributed by atoms with E-state index in [1.807, 2.05) is 6.92 Å². The standard InChI is InChI=1S/C13H25NO/c1-11(2)9-14-10-13(15)7-5-12(3,4)6-8-13/h14-15H,1,5-10H2,2-4H3. The van der Waals surface area contributed by atoms with Gasteiger partial charge in [0.1, 0.15) is 0 Å². The monoisotopic (exact) mass is 211 g/mol. The fourth-order valence-electron chi connectivity index (χ4n) is 2.08. The maximum atomic E-state index is 10.3. The van der Waals surface area contributed by atoms with Crippen molar-refractivity contribution in [1.82, 2.24) is 5.32 Å². The van der Waals surface area contributed by atoms with Crippen LogP contribution < -0.4 is 5.32 Å². The Hall–Kier alpha value is -0.340. The molecule has 2 nitrogen and oxygen atoms in total. The lowest BCUT2D eigenvalue weighted by atomic mass is 9.71. The second-order valence-corrected chi connectivity index (χ2v) is 5.95. The topological polar surface area (TPSA) is 32.3 Å². The molecule has 1 aliphatic carbocycles. The van der Waals surface area contributed by atoms with Gasteiger partial charge in [0.05, 0.1) is 5.60 Å². The second kappa shape index (κ2) is 4.67. The molecule has 0 aliphatic heterocycles. The molecule has 0 aromatic carbocycles. The highest BCUT2D eigenvalue weighted by Gasteiger charge is 2.36. The molecule has 0 heterocycles. The van der Waals surface area contributed by atoms with Gasteiger partial charge in [-0.05, 0) is 38.0 Å². The van der Waals surface area contributed by atoms with Gasteiger partial charge in [0.2, 0.25) is 0 Å². The maximum Gasteiger partial charge on any atom is 0.0772 e. The highest BCUT2D eigenvalue weighted by molar-refractivity contribution is 4.94. The molecule has 88 valence electrons. The predicted octanol–water partition coefficient (Wildman–Crippen LogP) is 2.48. The minimum atomic E-state index is -0.481. The van der Waals surface area contributed by atoms with Crippen molar-refractivity contribution in [2.45, 2.75) is 52.1 Å². The zero-order valence-electron chi connectivity index (χ0n) is 10.4. The molecule has 1 fully saturated rings. The molecular formula is C13H25NO. The smallest absolute Gasteiger partial charge is 0.0772 e. The molecule has 0 atom stereocenters. The average Bonchev–Trinajstić information content (AvgIpc) is 2.11. The van der Waals surface area contributed by atoms with E-state index in [1.165, 1.54) is 0 Å². The first kappa shape index (κ1) is 12.7. The fourth-order valence-corrected chi connectivity index (χ4v) is 2.08. The van der Waals surface area contributed by atoms with Crippen molar-refractivity contribution < 1.29 is 5.11 Å². The molecule has 0 radical (unpaired) electrons. The Morgan fingerprint density at radius 2 is 1.80 bits per heavy atom. The van der Waals surface area contributed by atoms with Crippen LogP contribution >= 0.6 is 0 Å². The summed E-state index contributed by atoms with van der Waals surface area (Å²) in [5.74, 6) is 0. The van der Waals surface area contributed by atoms with Gasteiger partial charge >= 0.3 is 0 Å². The van der Waals surface area contributed by atoms with Gasteiger partial charge in [-0.1, -0.05) is 26.0 Å². The number of hydrogen-bond donors (Lipinski definition) is 2. The Balaban J connectivity index is 2.32. The molecule has 0 spiro atoms. The summed E-state index contributed by atoms with van der Waals surface area (Å²) in [6.45, 7) is 11.9. The van der Waals surface area contributed by atoms with E-state index < -0.39 is 5.60 Å². The maximum absolute atomic E-state index is 10.3. The fraction of sp³-hybridized carbons (Fsp3) is 0.846. The molecule has 0 aromatic rings. The first-order valence-corrected chi connectivity index (χ1v) is 5.91. The van der Waals surface area contributed by atoms with Gasteiger partial charge in [-0.25, -0.2) is 0 Å². The molecule has 0 unspecified atom stereocenters. The molecule has 0 saturated heterocycles. The lowest BCUT2D eigenvalue weighted by molar-refractivity contribution is -0.0237. The van der Waals surface area contributed by atoms with Crippen molar-refractivity contribution >= 4 is 0 Å². The van der Waals surface area contributed by atoms with Gasteiger partial charge in [0.25, 0.3) is 0 Å². The van der Waals surface area contributed by atoms with Crippen molar-refractivity contribution in [2.75, 3.05) is 13.1 Å². The van der Waals surface area contributed by atoms with Crippen LogP contribution in [-0.2, 0) is 0 Å². The third-order valence-electron chi connectivity index (χ3n) is 3.42. The SMILES string of the molecule is C=C(C)CNCC1(O)CCC(C)(C)CC1. The van der Waals surface area contributed by atoms with E-state index in [9.17, 15) is 5.11 Å². The summed E-state index contributed by atoms with van der Waals surface area (Å²) in [6, 6.07) is 0. The summed E-state index contributed by atoms with van der Waals surface area (Å²) < 4.78 is 0. The van der Waals surface area contributed by atoms with E-state index in [0.717, 1.165) is 37.8 Å². The van der Waals surface area contributed by atoms with E-state index >= 15 is 0 Å². The number of rotatable bonds is 4. The molecule has 2 heteroatoms. The zero-order chi connectivity index (χ0) is 11.5. The first-order valence-electron chi connectivity index (χ1n) is 5.91. The lowest BCUT2D eigenvalue weighted by Gasteiger charge is -2.40. The minimum Gasteiger partial charge on any atom is -0.389 e. The van der Waals surface area contributed by atoms with Gasteiger partial charge < -0.3 is 10.4 Å². The van der Waals surface area contributed by atoms with E-state index in [-0.39, 0.29) is 0 Å². The van der Waals surface area contributed by atoms with E-state index in [4.69, 9.17) is 0 Å². The minimum absolute atomic E-state index is 0.417. The molecule has 0 bridgehead atoms. The predicted molar refractivity (Wildman–Crippen MR) is 64.9 cm³/mol. The third kappa shape index (κ3) is 4.35. The van der Waals surface area contributed by atoms with Crippen LogP contribution in [-0.4, -0.2) is 23.8 Å². The average molecular weight is 211 g/mol. The molecule has 15 heavy (non-hydrogen) atoms. The zero-order valence-corrected chi connectivity index (χ0v) is 10.4. The van der Waals surface area contributed by atoms with Gasteiger partial charge in [-0.15, -0.1) is 0 Å². The van der Waals surface area contributed by atoms with Crippen LogP contribution in [0.3, 0.4) is 0 Å². The Morgan fingerprint density at radius 3 is 2.27 bits per heavy atom. The second-order valence-electron chi connectivity index (χ2n) is 5.95. The Labute approximate surface area is 93.8 Å². The van der Waals surface area contributed by atoms with E-state index in [0.29, 0.717) is 12.0 Å². The van der Waals surface area contributed by atoms with Crippen molar-refractivity contribution in [3.8, 4) is 0 Å². The summed E-state index contributed by atoms with van der Waals surface area (Å²) in [5, 5.41) is 13.6. The van der Waals surface area contributed by atoms with Crippen LogP contribution in [0.25, 0.3) is 0 Å². The Kier molecular flexibility index (Phi) is 3.96. The summed E-state index contributed by atoms with van der Waals surface area (Å²) >= 11 is 0. The van der Waals surface area contributed by atoms with Gasteiger partial charge in [0, 0.05) is 13.1 Å². The summed E-state index contributed by atoms with van der Waals surface area (Å²) in [6.07, 6.45) is 4.09. The van der Waals surface area contributed by atoms with E-state index in [2.05, 4.69) is 25.7 Å². The van der Waals surface area contributed by atoms with E-state index in [1.54, 1.807) is 0 Å². The molecule has 1 aliphatic rings. The molecular weight excluding hydrogens is 186 g/mol. The van der Waals surface area contributed by atoms with Crippen molar-refractivity contribution in [2.24, 2.45) is 5.41 Å². The number of aliphatic hydroxyl groups is 1. The van der Waals surface area contributed by atoms with Crippen LogP contribution in [0.15, 0.2) is 12.2 Å². The van der Waals surface area contributed by atoms with Crippen molar-refractivity contribution in [3.05, 3.63) is 12.2 Å². The summed E-state index contributed by atoms with van der Waals surface area (Å²) in [4.78, 5) is 0. The first-order chi connectivity index (χ1) is 6.83. The molecule has 0 aromatic heterocycles. The third-order valence-corrected chi connectivity index (χ3v) is 3.42. The summed E-state index contributed by atoms with van der Waals surface area (Å²) in [7, 11) is 0. The highest BCUT2D eigenvalue weighted by Crippen LogP contribution is 2.39. The van der Waals surface area contributed by atoms with Crippen LogP contribution in [0.4, 0.5) is 0 Å². The van der Waals surface area contributed by atoms with Crippen molar-refractivity contribution in [3.63, 3.8) is 0 Å². The molecule has 2 N–H and O–H groups in total. The lowest BCUT2D eigenvalue weighted by Crippen LogP contribution is -2.45. The number of hydrogen-bond acceptors (Lipinski definition) is 2. The number of nitrogens with one attached hydrogen (secondary N) is 1. The van der Waals surface area contributed by atoms with Crippen LogP contribution in [0, 0.1) is 5.41 Å². The molecule has 1 rings (SSSR count). The largest absolute Gasteiger partial charge is 0.389 e. The van der Waals surface area contributed by atoms with Gasteiger partial charge in [0.15, 0.2) is 0 Å². The Morgan fingerprint density at radius 1 is 1.27 bits per heavy atom.